The third-order valence-corrected chi connectivity index (χ3v) is 1.86. The lowest BCUT2D eigenvalue weighted by molar-refractivity contribution is 0.611. The van der Waals surface area contributed by atoms with E-state index in [0.29, 0.717) is 0 Å². The van der Waals surface area contributed by atoms with Crippen LogP contribution in [0.3, 0.4) is 0 Å². The summed E-state index contributed by atoms with van der Waals surface area (Å²) in [5.74, 6) is 0. The molecular formula is C9H18N4. The molecule has 1 aromatic heterocycles. The summed E-state index contributed by atoms with van der Waals surface area (Å²) in [5, 5.41) is 10.7. The highest BCUT2D eigenvalue weighted by atomic mass is 15.3. The Hall–Kier alpha value is -0.870. The van der Waals surface area contributed by atoms with Crippen LogP contribution < -0.4 is 10.6 Å². The van der Waals surface area contributed by atoms with Gasteiger partial charge in [0.1, 0.15) is 0 Å². The predicted molar refractivity (Wildman–Crippen MR) is 53.5 cm³/mol. The van der Waals surface area contributed by atoms with Gasteiger partial charge in [-0.1, -0.05) is 0 Å². The summed E-state index contributed by atoms with van der Waals surface area (Å²) in [6, 6.07) is 2.03. The van der Waals surface area contributed by atoms with E-state index < -0.39 is 0 Å². The first-order chi connectivity index (χ1) is 6.33. The molecule has 0 bridgehead atoms. The molecule has 0 saturated carbocycles. The number of nitrogens with zero attached hydrogens (tertiary/aromatic N) is 2. The number of aryl methyl sites for hydroxylation is 1. The first-order valence-corrected chi connectivity index (χ1v) is 4.67. The lowest BCUT2D eigenvalue weighted by Crippen LogP contribution is -2.19. The van der Waals surface area contributed by atoms with Gasteiger partial charge in [-0.05, 0) is 32.6 Å². The molecule has 0 radical (unpaired) electrons. The molecule has 4 heteroatoms. The number of nitrogens with one attached hydrogen (secondary N) is 2. The molecule has 0 atom stereocenters. The van der Waals surface area contributed by atoms with Gasteiger partial charge in [-0.25, -0.2) is 0 Å². The van der Waals surface area contributed by atoms with Crippen molar-refractivity contribution in [3.05, 3.63) is 18.0 Å². The zero-order valence-corrected chi connectivity index (χ0v) is 8.38. The van der Waals surface area contributed by atoms with Crippen LogP contribution in [0.25, 0.3) is 0 Å². The summed E-state index contributed by atoms with van der Waals surface area (Å²) >= 11 is 0. The van der Waals surface area contributed by atoms with Gasteiger partial charge in [0, 0.05) is 19.8 Å². The van der Waals surface area contributed by atoms with Crippen LogP contribution in [0.2, 0.25) is 0 Å². The van der Waals surface area contributed by atoms with E-state index in [9.17, 15) is 0 Å². The van der Waals surface area contributed by atoms with Gasteiger partial charge in [0.2, 0.25) is 0 Å². The van der Waals surface area contributed by atoms with Crippen LogP contribution in [-0.2, 0) is 13.6 Å². The Morgan fingerprint density at radius 3 is 2.92 bits per heavy atom. The summed E-state index contributed by atoms with van der Waals surface area (Å²) < 4.78 is 1.82. The Balaban J connectivity index is 2.06. The molecule has 0 spiro atoms. The van der Waals surface area contributed by atoms with E-state index in [1.54, 1.807) is 0 Å². The molecular weight excluding hydrogens is 164 g/mol. The van der Waals surface area contributed by atoms with E-state index in [1.165, 1.54) is 0 Å². The molecule has 0 aliphatic rings. The summed E-state index contributed by atoms with van der Waals surface area (Å²) in [6.07, 6.45) is 3.12. The SMILES string of the molecule is CNCCCNCc1ccn(C)n1. The Kier molecular flexibility index (Phi) is 4.49. The van der Waals surface area contributed by atoms with Crippen LogP contribution >= 0.6 is 0 Å². The predicted octanol–water partition coefficient (Wildman–Crippen LogP) is 0.119. The molecule has 1 aromatic rings. The zero-order valence-electron chi connectivity index (χ0n) is 8.38. The van der Waals surface area contributed by atoms with E-state index in [0.717, 1.165) is 31.7 Å². The second kappa shape index (κ2) is 5.72. The molecule has 4 nitrogen and oxygen atoms in total. The van der Waals surface area contributed by atoms with Crippen molar-refractivity contribution in [2.45, 2.75) is 13.0 Å². The quantitative estimate of drug-likeness (QED) is 0.614. The fraction of sp³-hybridized carbons (Fsp3) is 0.667. The van der Waals surface area contributed by atoms with E-state index in [-0.39, 0.29) is 0 Å². The highest BCUT2D eigenvalue weighted by Crippen LogP contribution is 1.92. The van der Waals surface area contributed by atoms with Crippen molar-refractivity contribution in [3.8, 4) is 0 Å². The zero-order chi connectivity index (χ0) is 9.52. The van der Waals surface area contributed by atoms with Crippen molar-refractivity contribution in [3.63, 3.8) is 0 Å². The highest BCUT2D eigenvalue weighted by Gasteiger charge is 1.94. The molecule has 13 heavy (non-hydrogen) atoms. The van der Waals surface area contributed by atoms with Gasteiger partial charge in [-0.3, -0.25) is 4.68 Å². The van der Waals surface area contributed by atoms with Gasteiger partial charge in [-0.2, -0.15) is 5.10 Å². The molecule has 2 N–H and O–H groups in total. The average molecular weight is 182 g/mol. The van der Waals surface area contributed by atoms with Crippen LogP contribution in [0.1, 0.15) is 12.1 Å². The van der Waals surface area contributed by atoms with Crippen molar-refractivity contribution in [1.82, 2.24) is 20.4 Å². The van der Waals surface area contributed by atoms with Crippen molar-refractivity contribution in [1.29, 1.82) is 0 Å². The van der Waals surface area contributed by atoms with Crippen molar-refractivity contribution in [2.24, 2.45) is 7.05 Å². The van der Waals surface area contributed by atoms with E-state index in [2.05, 4.69) is 15.7 Å². The molecule has 0 unspecified atom stereocenters. The maximum absolute atomic E-state index is 4.27. The van der Waals surface area contributed by atoms with Crippen LogP contribution in [0, 0.1) is 0 Å². The molecule has 74 valence electrons. The Morgan fingerprint density at radius 2 is 2.31 bits per heavy atom. The Morgan fingerprint density at radius 1 is 1.46 bits per heavy atom. The van der Waals surface area contributed by atoms with Crippen LogP contribution in [0.5, 0.6) is 0 Å². The maximum atomic E-state index is 4.27. The standard InChI is InChI=1S/C9H18N4/c1-10-5-3-6-11-8-9-4-7-13(2)12-9/h4,7,10-11H,3,5-6,8H2,1-2H3. The van der Waals surface area contributed by atoms with Crippen molar-refractivity contribution in [2.75, 3.05) is 20.1 Å². The van der Waals surface area contributed by atoms with Gasteiger partial charge in [-0.15, -0.1) is 0 Å². The fourth-order valence-electron chi connectivity index (χ4n) is 1.16. The first kappa shape index (κ1) is 10.2. The van der Waals surface area contributed by atoms with Crippen molar-refractivity contribution >= 4 is 0 Å². The molecule has 1 heterocycles. The number of hydrogen-bond donors (Lipinski definition) is 2. The molecule has 0 amide bonds. The number of hydrogen-bond acceptors (Lipinski definition) is 3. The van der Waals surface area contributed by atoms with E-state index in [4.69, 9.17) is 0 Å². The summed E-state index contributed by atoms with van der Waals surface area (Å²) in [5.41, 5.74) is 1.10. The first-order valence-electron chi connectivity index (χ1n) is 4.67. The van der Waals surface area contributed by atoms with Gasteiger partial charge in [0.05, 0.1) is 5.69 Å². The molecule has 0 aliphatic heterocycles. The lowest BCUT2D eigenvalue weighted by atomic mass is 10.4. The molecule has 0 aliphatic carbocycles. The van der Waals surface area contributed by atoms with Gasteiger partial charge in [0.15, 0.2) is 0 Å². The molecule has 0 saturated heterocycles. The highest BCUT2D eigenvalue weighted by molar-refractivity contribution is 4.97. The van der Waals surface area contributed by atoms with Gasteiger partial charge < -0.3 is 10.6 Å². The second-order valence-electron chi connectivity index (χ2n) is 3.11. The molecule has 1 rings (SSSR count). The van der Waals surface area contributed by atoms with Crippen LogP contribution in [0.4, 0.5) is 0 Å². The third kappa shape index (κ3) is 4.05. The lowest BCUT2D eigenvalue weighted by Gasteiger charge is -2.01. The fourth-order valence-corrected chi connectivity index (χ4v) is 1.16. The van der Waals surface area contributed by atoms with Crippen LogP contribution in [-0.4, -0.2) is 29.9 Å². The van der Waals surface area contributed by atoms with Gasteiger partial charge in [0.25, 0.3) is 0 Å². The molecule has 0 fully saturated rings. The van der Waals surface area contributed by atoms with Crippen LogP contribution in [0.15, 0.2) is 12.3 Å². The third-order valence-electron chi connectivity index (χ3n) is 1.86. The minimum Gasteiger partial charge on any atom is -0.320 e. The average Bonchev–Trinajstić information content (AvgIpc) is 2.51. The summed E-state index contributed by atoms with van der Waals surface area (Å²) in [4.78, 5) is 0. The minimum atomic E-state index is 0.866. The topological polar surface area (TPSA) is 41.9 Å². The second-order valence-corrected chi connectivity index (χ2v) is 3.11. The number of aromatic nitrogens is 2. The minimum absolute atomic E-state index is 0.866. The monoisotopic (exact) mass is 182 g/mol. The van der Waals surface area contributed by atoms with E-state index in [1.807, 2.05) is 31.0 Å². The van der Waals surface area contributed by atoms with Gasteiger partial charge >= 0.3 is 0 Å². The maximum Gasteiger partial charge on any atom is 0.0762 e. The Labute approximate surface area is 79.3 Å². The summed E-state index contributed by atoms with van der Waals surface area (Å²) in [7, 11) is 3.91. The largest absolute Gasteiger partial charge is 0.320 e. The smallest absolute Gasteiger partial charge is 0.0762 e. The van der Waals surface area contributed by atoms with Crippen molar-refractivity contribution < 1.29 is 0 Å². The summed E-state index contributed by atoms with van der Waals surface area (Å²) in [6.45, 7) is 2.97. The van der Waals surface area contributed by atoms with E-state index >= 15 is 0 Å². The Bertz CT molecular complexity index is 231. The normalized spacial score (nSPS) is 10.6. The number of rotatable bonds is 6. The molecule has 0 aromatic carbocycles.